The molecule has 2 aliphatic heterocycles. The molecule has 0 saturated carbocycles. The third kappa shape index (κ3) is 5.33. The van der Waals surface area contributed by atoms with Gasteiger partial charge in [0.1, 0.15) is 6.17 Å². The van der Waals surface area contributed by atoms with Crippen molar-refractivity contribution in [1.29, 1.82) is 0 Å². The molecule has 7 nitrogen and oxygen atoms in total. The number of carbonyl (C=O) groups is 2. The highest BCUT2D eigenvalue weighted by Crippen LogP contribution is 2.28. The first-order valence-corrected chi connectivity index (χ1v) is 12.6. The molecular formula is C28H32FN5O2. The highest BCUT2D eigenvalue weighted by Gasteiger charge is 2.33. The summed E-state index contributed by atoms with van der Waals surface area (Å²) in [6.45, 7) is 4.10. The second-order valence-corrected chi connectivity index (χ2v) is 9.80. The van der Waals surface area contributed by atoms with Crippen LogP contribution < -0.4 is 10.6 Å². The van der Waals surface area contributed by atoms with E-state index in [4.69, 9.17) is 0 Å². The van der Waals surface area contributed by atoms with E-state index in [0.717, 1.165) is 42.7 Å². The number of hydrogen-bond acceptors (Lipinski definition) is 5. The molecule has 2 N–H and O–H groups in total. The average Bonchev–Trinajstić information content (AvgIpc) is 3.23. The van der Waals surface area contributed by atoms with E-state index in [1.54, 1.807) is 11.1 Å². The van der Waals surface area contributed by atoms with Crippen molar-refractivity contribution in [2.75, 3.05) is 36.8 Å². The Kier molecular flexibility index (Phi) is 7.13. The molecule has 0 spiro atoms. The number of nitrogens with one attached hydrogen (secondary N) is 2. The maximum absolute atomic E-state index is 13.7. The van der Waals surface area contributed by atoms with Crippen LogP contribution in [0.3, 0.4) is 0 Å². The van der Waals surface area contributed by atoms with Gasteiger partial charge in [-0.25, -0.2) is 4.39 Å². The molecule has 2 fully saturated rings. The van der Waals surface area contributed by atoms with E-state index in [1.807, 2.05) is 61.5 Å². The van der Waals surface area contributed by atoms with E-state index >= 15 is 0 Å². The zero-order valence-corrected chi connectivity index (χ0v) is 20.5. The molecule has 3 aromatic rings. The Morgan fingerprint density at radius 3 is 2.56 bits per heavy atom. The van der Waals surface area contributed by atoms with Gasteiger partial charge in [0.05, 0.1) is 24.2 Å². The predicted molar refractivity (Wildman–Crippen MR) is 140 cm³/mol. The van der Waals surface area contributed by atoms with Crippen LogP contribution in [-0.2, 0) is 4.79 Å². The molecule has 5 rings (SSSR count). The lowest BCUT2D eigenvalue weighted by atomic mass is 10.0. The Balaban J connectivity index is 1.22. The zero-order valence-electron chi connectivity index (χ0n) is 20.5. The fraction of sp³-hybridized carbons (Fsp3) is 0.393. The molecule has 36 heavy (non-hydrogen) atoms. The molecule has 3 heterocycles. The number of rotatable bonds is 6. The number of amides is 2. The summed E-state index contributed by atoms with van der Waals surface area (Å²) in [6, 6.07) is 17.2. The number of piperidine rings is 1. The highest BCUT2D eigenvalue weighted by molar-refractivity contribution is 6.13. The second-order valence-electron chi connectivity index (χ2n) is 9.80. The first-order chi connectivity index (χ1) is 17.5. The minimum Gasteiger partial charge on any atom is -0.382 e. The van der Waals surface area contributed by atoms with Gasteiger partial charge >= 0.3 is 0 Å². The Bertz CT molecular complexity index is 1230. The van der Waals surface area contributed by atoms with Crippen molar-refractivity contribution in [3.63, 3.8) is 0 Å². The van der Waals surface area contributed by atoms with Crippen LogP contribution in [0.2, 0.25) is 0 Å². The number of benzene rings is 2. The SMILES string of the molecule is C[C@@H]1C[C@H](F)CN1C(=O)CN1CCC(Nc2ccc(C(=O)Nc3ccccc3)c3ncccc23)CC1. The lowest BCUT2D eigenvalue weighted by Crippen LogP contribution is -2.46. The van der Waals surface area contributed by atoms with Gasteiger partial charge in [0.2, 0.25) is 5.91 Å². The van der Waals surface area contributed by atoms with E-state index in [0.29, 0.717) is 24.0 Å². The minimum absolute atomic E-state index is 0.0219. The van der Waals surface area contributed by atoms with Crippen molar-refractivity contribution in [2.45, 2.75) is 44.4 Å². The smallest absolute Gasteiger partial charge is 0.257 e. The number of pyridine rings is 1. The van der Waals surface area contributed by atoms with E-state index < -0.39 is 6.17 Å². The Hall–Kier alpha value is -3.52. The number of halogens is 1. The van der Waals surface area contributed by atoms with Gasteiger partial charge in [-0.1, -0.05) is 18.2 Å². The first kappa shape index (κ1) is 24.2. The minimum atomic E-state index is -0.904. The van der Waals surface area contributed by atoms with Gasteiger partial charge in [-0.2, -0.15) is 0 Å². The highest BCUT2D eigenvalue weighted by atomic mass is 19.1. The number of likely N-dealkylation sites (tertiary alicyclic amines) is 2. The van der Waals surface area contributed by atoms with Gasteiger partial charge in [-0.15, -0.1) is 0 Å². The fourth-order valence-corrected chi connectivity index (χ4v) is 5.25. The third-order valence-electron chi connectivity index (χ3n) is 7.20. The van der Waals surface area contributed by atoms with Crippen LogP contribution in [0.1, 0.15) is 36.5 Å². The number of fused-ring (bicyclic) bond motifs is 1. The van der Waals surface area contributed by atoms with Gasteiger partial charge < -0.3 is 15.5 Å². The van der Waals surface area contributed by atoms with E-state index in [1.165, 1.54) is 0 Å². The van der Waals surface area contributed by atoms with Crippen LogP contribution in [0, 0.1) is 0 Å². The summed E-state index contributed by atoms with van der Waals surface area (Å²) >= 11 is 0. The molecule has 2 aliphatic rings. The van der Waals surface area contributed by atoms with E-state index in [2.05, 4.69) is 20.5 Å². The van der Waals surface area contributed by atoms with Gasteiger partial charge in [0, 0.05) is 54.6 Å². The molecule has 0 aliphatic carbocycles. The van der Waals surface area contributed by atoms with Crippen molar-refractivity contribution in [1.82, 2.24) is 14.8 Å². The van der Waals surface area contributed by atoms with E-state index in [-0.39, 0.29) is 30.4 Å². The monoisotopic (exact) mass is 489 g/mol. The van der Waals surface area contributed by atoms with Crippen LogP contribution in [-0.4, -0.2) is 71.0 Å². The maximum Gasteiger partial charge on any atom is 0.257 e. The molecule has 0 radical (unpaired) electrons. The first-order valence-electron chi connectivity index (χ1n) is 12.6. The number of carbonyl (C=O) groups excluding carboxylic acids is 2. The largest absolute Gasteiger partial charge is 0.382 e. The molecule has 2 saturated heterocycles. The van der Waals surface area contributed by atoms with Gasteiger partial charge in [-0.3, -0.25) is 19.5 Å². The average molecular weight is 490 g/mol. The molecule has 2 aromatic carbocycles. The van der Waals surface area contributed by atoms with Gasteiger partial charge in [0.15, 0.2) is 0 Å². The lowest BCUT2D eigenvalue weighted by Gasteiger charge is -2.34. The number of nitrogens with zero attached hydrogens (tertiary/aromatic N) is 3. The third-order valence-corrected chi connectivity index (χ3v) is 7.20. The summed E-state index contributed by atoms with van der Waals surface area (Å²) in [6.07, 6.45) is 3.03. The molecule has 1 aromatic heterocycles. The Morgan fingerprint density at radius 1 is 1.06 bits per heavy atom. The van der Waals surface area contributed by atoms with Crippen LogP contribution in [0.25, 0.3) is 10.9 Å². The number of alkyl halides is 1. The number of anilines is 2. The van der Waals surface area contributed by atoms with Crippen molar-refractivity contribution < 1.29 is 14.0 Å². The van der Waals surface area contributed by atoms with Crippen LogP contribution in [0.15, 0.2) is 60.8 Å². The number of para-hydroxylation sites is 1. The van der Waals surface area contributed by atoms with Crippen LogP contribution in [0.4, 0.5) is 15.8 Å². The van der Waals surface area contributed by atoms with Crippen molar-refractivity contribution >= 4 is 34.1 Å². The van der Waals surface area contributed by atoms with Crippen molar-refractivity contribution in [2.24, 2.45) is 0 Å². The lowest BCUT2D eigenvalue weighted by molar-refractivity contribution is -0.133. The quantitative estimate of drug-likeness (QED) is 0.539. The molecule has 188 valence electrons. The molecule has 0 unspecified atom stereocenters. The summed E-state index contributed by atoms with van der Waals surface area (Å²) in [5.41, 5.74) is 2.87. The van der Waals surface area contributed by atoms with Crippen LogP contribution in [0.5, 0.6) is 0 Å². The van der Waals surface area contributed by atoms with Crippen molar-refractivity contribution in [3.8, 4) is 0 Å². The normalized spacial score (nSPS) is 21.0. The summed E-state index contributed by atoms with van der Waals surface area (Å²) in [4.78, 5) is 34.0. The molecular weight excluding hydrogens is 457 g/mol. The number of aromatic nitrogens is 1. The number of hydrogen-bond donors (Lipinski definition) is 2. The molecule has 0 bridgehead atoms. The standard InChI is InChI=1S/C28H32FN5O2/c1-19-16-20(29)17-34(19)26(35)18-33-14-11-22(12-15-33)31-25-10-9-24(27-23(25)8-5-13-30-27)28(36)32-21-6-3-2-4-7-21/h2-10,13,19-20,22,31H,11-12,14-18H2,1H3,(H,32,36)/t19-,20+/m1/s1. The topological polar surface area (TPSA) is 77.6 Å². The second kappa shape index (κ2) is 10.6. The Morgan fingerprint density at radius 2 is 1.83 bits per heavy atom. The zero-order chi connectivity index (χ0) is 25.1. The summed E-state index contributed by atoms with van der Waals surface area (Å²) in [7, 11) is 0. The summed E-state index contributed by atoms with van der Waals surface area (Å²) < 4.78 is 13.7. The van der Waals surface area contributed by atoms with Crippen LogP contribution >= 0.6 is 0 Å². The van der Waals surface area contributed by atoms with E-state index in [9.17, 15) is 14.0 Å². The molecule has 8 heteroatoms. The predicted octanol–water partition coefficient (Wildman–Crippen LogP) is 4.32. The summed E-state index contributed by atoms with van der Waals surface area (Å²) in [5, 5.41) is 7.48. The fourth-order valence-electron chi connectivity index (χ4n) is 5.25. The molecule has 2 atom stereocenters. The maximum atomic E-state index is 13.7. The Labute approximate surface area is 210 Å². The van der Waals surface area contributed by atoms with Crippen molar-refractivity contribution in [3.05, 3.63) is 66.4 Å². The van der Waals surface area contributed by atoms with Gasteiger partial charge in [0.25, 0.3) is 5.91 Å². The molecule has 2 amide bonds. The van der Waals surface area contributed by atoms with Gasteiger partial charge in [-0.05, 0) is 56.2 Å². The summed E-state index contributed by atoms with van der Waals surface area (Å²) in [5.74, 6) is -0.170.